The Morgan fingerprint density at radius 2 is 1.82 bits per heavy atom. The molecule has 0 aliphatic rings. The van der Waals surface area contributed by atoms with Crippen LogP contribution in [0.4, 0.5) is 0 Å². The lowest BCUT2D eigenvalue weighted by molar-refractivity contribution is 0.398. The smallest absolute Gasteiger partial charge is 0.162 e. The van der Waals surface area contributed by atoms with Crippen molar-refractivity contribution in [2.75, 3.05) is 0 Å². The highest BCUT2D eigenvalue weighted by molar-refractivity contribution is 6.21. The summed E-state index contributed by atoms with van der Waals surface area (Å²) in [7, 11) is 0. The Balaban J connectivity index is 2.41. The molecular weight excluding hydrogens is 236 g/mol. The molecule has 0 amide bonds. The predicted octanol–water partition coefficient (Wildman–Crippen LogP) is 4.74. The van der Waals surface area contributed by atoms with E-state index in [0.717, 1.165) is 12.8 Å². The van der Waals surface area contributed by atoms with Crippen molar-refractivity contribution in [2.24, 2.45) is 0 Å². The highest BCUT2D eigenvalue weighted by Gasteiger charge is 2.14. The number of unbranched alkanes of at least 4 members (excludes halogenated alkanes) is 4. The van der Waals surface area contributed by atoms with Gasteiger partial charge >= 0.3 is 0 Å². The minimum atomic E-state index is -0.219. The normalized spacial score (nSPS) is 12.6. The van der Waals surface area contributed by atoms with Crippen LogP contribution >= 0.6 is 11.6 Å². The largest absolute Gasteiger partial charge is 0.504 e. The number of para-hydroxylation sites is 1. The van der Waals surface area contributed by atoms with Crippen LogP contribution in [0.25, 0.3) is 0 Å². The van der Waals surface area contributed by atoms with Gasteiger partial charge in [0.05, 0.1) is 5.38 Å². The third-order valence-corrected chi connectivity index (χ3v) is 3.40. The van der Waals surface area contributed by atoms with Crippen LogP contribution in [-0.4, -0.2) is 10.2 Å². The lowest BCUT2D eigenvalue weighted by atomic mass is 10.0. The fraction of sp³-hybridized carbons (Fsp3) is 0.571. The minimum absolute atomic E-state index is 0.0824. The van der Waals surface area contributed by atoms with Crippen LogP contribution in [0.2, 0.25) is 0 Å². The van der Waals surface area contributed by atoms with Crippen LogP contribution in [0.15, 0.2) is 18.2 Å². The van der Waals surface area contributed by atoms with Crippen LogP contribution in [0.1, 0.15) is 56.4 Å². The molecule has 0 radical (unpaired) electrons. The van der Waals surface area contributed by atoms with Gasteiger partial charge in [-0.3, -0.25) is 0 Å². The molecule has 0 aliphatic carbocycles. The van der Waals surface area contributed by atoms with Crippen molar-refractivity contribution in [3.05, 3.63) is 23.8 Å². The second kappa shape index (κ2) is 7.44. The molecule has 17 heavy (non-hydrogen) atoms. The summed E-state index contributed by atoms with van der Waals surface area (Å²) in [6.07, 6.45) is 6.82. The summed E-state index contributed by atoms with van der Waals surface area (Å²) in [5.74, 6) is -0.180. The molecule has 2 nitrogen and oxygen atoms in total. The zero-order valence-electron chi connectivity index (χ0n) is 10.3. The molecule has 1 aromatic carbocycles. The van der Waals surface area contributed by atoms with Gasteiger partial charge in [-0.1, -0.05) is 51.2 Å². The maximum atomic E-state index is 9.67. The molecule has 0 saturated heterocycles. The van der Waals surface area contributed by atoms with E-state index in [0.29, 0.717) is 5.56 Å². The third-order valence-electron chi connectivity index (χ3n) is 2.94. The van der Waals surface area contributed by atoms with Gasteiger partial charge in [-0.05, 0) is 12.5 Å². The van der Waals surface area contributed by atoms with E-state index in [2.05, 4.69) is 6.92 Å². The van der Waals surface area contributed by atoms with E-state index in [-0.39, 0.29) is 16.9 Å². The molecule has 96 valence electrons. The standard InChI is InChI=1S/C14H21ClO2/c1-2-3-4-5-6-9-12(15)11-8-7-10-13(16)14(11)17/h7-8,10,12,16-17H,2-6,9H2,1H3. The predicted molar refractivity (Wildman–Crippen MR) is 71.7 cm³/mol. The number of aromatic hydroxyl groups is 2. The topological polar surface area (TPSA) is 40.5 Å². The van der Waals surface area contributed by atoms with Gasteiger partial charge in [0, 0.05) is 5.56 Å². The summed E-state index contributed by atoms with van der Waals surface area (Å²) in [6.45, 7) is 2.19. The van der Waals surface area contributed by atoms with Gasteiger partial charge < -0.3 is 10.2 Å². The van der Waals surface area contributed by atoms with Crippen LogP contribution < -0.4 is 0 Å². The Morgan fingerprint density at radius 3 is 2.53 bits per heavy atom. The monoisotopic (exact) mass is 256 g/mol. The molecular formula is C14H21ClO2. The molecule has 1 rings (SSSR count). The van der Waals surface area contributed by atoms with Crippen LogP contribution in [-0.2, 0) is 0 Å². The van der Waals surface area contributed by atoms with Gasteiger partial charge in [-0.2, -0.15) is 0 Å². The van der Waals surface area contributed by atoms with Crippen molar-refractivity contribution < 1.29 is 10.2 Å². The Labute approximate surface area is 108 Å². The summed E-state index contributed by atoms with van der Waals surface area (Å²) in [4.78, 5) is 0. The Morgan fingerprint density at radius 1 is 1.12 bits per heavy atom. The van der Waals surface area contributed by atoms with Crippen LogP contribution in [0.3, 0.4) is 0 Å². The maximum absolute atomic E-state index is 9.67. The summed E-state index contributed by atoms with van der Waals surface area (Å²) in [5.41, 5.74) is 0.627. The Bertz CT molecular complexity index is 339. The fourth-order valence-corrected chi connectivity index (χ4v) is 2.21. The van der Waals surface area contributed by atoms with Gasteiger partial charge in [0.25, 0.3) is 0 Å². The minimum Gasteiger partial charge on any atom is -0.504 e. The first kappa shape index (κ1) is 14.2. The van der Waals surface area contributed by atoms with Crippen molar-refractivity contribution in [2.45, 2.75) is 50.8 Å². The lowest BCUT2D eigenvalue weighted by Gasteiger charge is -2.12. The summed E-state index contributed by atoms with van der Waals surface area (Å²) >= 11 is 6.23. The van der Waals surface area contributed by atoms with Crippen molar-refractivity contribution >= 4 is 11.6 Å². The van der Waals surface area contributed by atoms with E-state index in [1.807, 2.05) is 0 Å². The third kappa shape index (κ3) is 4.47. The number of rotatable bonds is 7. The average molecular weight is 257 g/mol. The van der Waals surface area contributed by atoms with E-state index in [4.69, 9.17) is 11.6 Å². The first-order valence-corrected chi connectivity index (χ1v) is 6.75. The molecule has 0 aromatic heterocycles. The summed E-state index contributed by atoms with van der Waals surface area (Å²) < 4.78 is 0. The molecule has 1 atom stereocenters. The molecule has 1 aromatic rings. The molecule has 0 heterocycles. The van der Waals surface area contributed by atoms with Gasteiger partial charge in [0.2, 0.25) is 0 Å². The quantitative estimate of drug-likeness (QED) is 0.420. The zero-order valence-corrected chi connectivity index (χ0v) is 11.1. The molecule has 0 aliphatic heterocycles. The number of hydrogen-bond acceptors (Lipinski definition) is 2. The molecule has 0 bridgehead atoms. The molecule has 2 N–H and O–H groups in total. The summed E-state index contributed by atoms with van der Waals surface area (Å²) in [5, 5.41) is 18.8. The first-order chi connectivity index (χ1) is 8.16. The van der Waals surface area contributed by atoms with Gasteiger partial charge in [-0.25, -0.2) is 0 Å². The average Bonchev–Trinajstić information content (AvgIpc) is 2.32. The molecule has 0 saturated carbocycles. The van der Waals surface area contributed by atoms with E-state index >= 15 is 0 Å². The van der Waals surface area contributed by atoms with Crippen molar-refractivity contribution in [1.29, 1.82) is 0 Å². The Kier molecular flexibility index (Phi) is 6.20. The Hall–Kier alpha value is -0.890. The fourth-order valence-electron chi connectivity index (χ4n) is 1.88. The molecule has 0 fully saturated rings. The van der Waals surface area contributed by atoms with Crippen molar-refractivity contribution in [3.63, 3.8) is 0 Å². The first-order valence-electron chi connectivity index (χ1n) is 6.31. The lowest BCUT2D eigenvalue weighted by Crippen LogP contribution is -1.92. The van der Waals surface area contributed by atoms with Gasteiger partial charge in [0.15, 0.2) is 11.5 Å². The van der Waals surface area contributed by atoms with E-state index in [1.54, 1.807) is 12.1 Å². The van der Waals surface area contributed by atoms with Crippen molar-refractivity contribution in [3.8, 4) is 11.5 Å². The highest BCUT2D eigenvalue weighted by Crippen LogP contribution is 2.37. The number of hydrogen-bond donors (Lipinski definition) is 2. The van der Waals surface area contributed by atoms with Gasteiger partial charge in [-0.15, -0.1) is 11.6 Å². The van der Waals surface area contributed by atoms with Crippen molar-refractivity contribution in [1.82, 2.24) is 0 Å². The molecule has 3 heteroatoms. The second-order valence-electron chi connectivity index (χ2n) is 4.39. The summed E-state index contributed by atoms with van der Waals surface area (Å²) in [6, 6.07) is 4.93. The maximum Gasteiger partial charge on any atom is 0.162 e. The zero-order chi connectivity index (χ0) is 12.7. The van der Waals surface area contributed by atoms with E-state index < -0.39 is 0 Å². The number of phenolic OH excluding ortho intramolecular Hbond substituents is 2. The van der Waals surface area contributed by atoms with E-state index in [1.165, 1.54) is 31.7 Å². The number of alkyl halides is 1. The number of phenols is 2. The second-order valence-corrected chi connectivity index (χ2v) is 4.91. The molecule has 0 spiro atoms. The van der Waals surface area contributed by atoms with Gasteiger partial charge in [0.1, 0.15) is 0 Å². The van der Waals surface area contributed by atoms with Crippen LogP contribution in [0.5, 0.6) is 11.5 Å². The van der Waals surface area contributed by atoms with E-state index in [9.17, 15) is 10.2 Å². The SMILES string of the molecule is CCCCCCCC(Cl)c1cccc(O)c1O. The highest BCUT2D eigenvalue weighted by atomic mass is 35.5. The number of halogens is 1. The number of benzene rings is 1. The molecule has 1 unspecified atom stereocenters. The van der Waals surface area contributed by atoms with Crippen LogP contribution in [0, 0.1) is 0 Å².